The van der Waals surface area contributed by atoms with Crippen molar-refractivity contribution in [2.24, 2.45) is 0 Å². The second-order valence-electron chi connectivity index (χ2n) is 6.44. The van der Waals surface area contributed by atoms with Crippen molar-refractivity contribution in [1.29, 1.82) is 5.26 Å². The molecule has 2 heterocycles. The molecule has 0 saturated carbocycles. The lowest BCUT2D eigenvalue weighted by Crippen LogP contribution is -2.23. The van der Waals surface area contributed by atoms with Gasteiger partial charge in [-0.1, -0.05) is 12.1 Å². The zero-order valence-corrected chi connectivity index (χ0v) is 14.7. The van der Waals surface area contributed by atoms with Gasteiger partial charge < -0.3 is 14.6 Å². The van der Waals surface area contributed by atoms with E-state index in [1.807, 2.05) is 18.2 Å². The Labute approximate surface area is 148 Å². The van der Waals surface area contributed by atoms with Crippen LogP contribution < -0.4 is 10.1 Å². The summed E-state index contributed by atoms with van der Waals surface area (Å²) in [6, 6.07) is 10.4. The third-order valence-corrected chi connectivity index (χ3v) is 4.49. The fraction of sp³-hybridized carbons (Fsp3) is 0.526. The first kappa shape index (κ1) is 17.4. The van der Waals surface area contributed by atoms with E-state index < -0.39 is 0 Å². The van der Waals surface area contributed by atoms with E-state index in [-0.39, 0.29) is 6.04 Å². The summed E-state index contributed by atoms with van der Waals surface area (Å²) >= 11 is 0. The van der Waals surface area contributed by atoms with E-state index in [2.05, 4.69) is 39.1 Å². The average Bonchev–Trinajstić information content (AvgIpc) is 3.08. The van der Waals surface area contributed by atoms with Crippen LogP contribution in [0.5, 0.6) is 5.75 Å². The van der Waals surface area contributed by atoms with Crippen LogP contribution in [0.25, 0.3) is 0 Å². The van der Waals surface area contributed by atoms with Crippen LogP contribution in [-0.2, 0) is 19.5 Å². The first-order valence-corrected chi connectivity index (χ1v) is 9.02. The lowest BCUT2D eigenvalue weighted by atomic mass is 10.1. The minimum Gasteiger partial charge on any atom is -0.494 e. The molecule has 6 heteroatoms. The van der Waals surface area contributed by atoms with E-state index in [0.29, 0.717) is 13.0 Å². The number of hydrogen-bond donors (Lipinski definition) is 1. The van der Waals surface area contributed by atoms with Crippen molar-refractivity contribution in [3.63, 3.8) is 0 Å². The van der Waals surface area contributed by atoms with Gasteiger partial charge >= 0.3 is 0 Å². The van der Waals surface area contributed by atoms with E-state index in [9.17, 15) is 0 Å². The van der Waals surface area contributed by atoms with Gasteiger partial charge in [0.15, 0.2) is 0 Å². The van der Waals surface area contributed by atoms with Gasteiger partial charge in [0.1, 0.15) is 17.4 Å². The molecular weight excluding hydrogens is 314 g/mol. The van der Waals surface area contributed by atoms with E-state index in [0.717, 1.165) is 43.3 Å². The van der Waals surface area contributed by atoms with Crippen molar-refractivity contribution in [2.75, 3.05) is 6.61 Å². The molecule has 132 valence electrons. The molecule has 1 atom stereocenters. The molecule has 1 aromatic carbocycles. The molecule has 6 nitrogen and oxygen atoms in total. The van der Waals surface area contributed by atoms with Crippen LogP contribution in [0.3, 0.4) is 0 Å². The van der Waals surface area contributed by atoms with Crippen molar-refractivity contribution in [3.8, 4) is 11.8 Å². The molecule has 0 aliphatic carbocycles. The number of nitrogens with zero attached hydrogens (tertiary/aromatic N) is 4. The predicted octanol–water partition coefficient (Wildman–Crippen LogP) is 3.15. The zero-order chi connectivity index (χ0) is 17.5. The Hall–Kier alpha value is -2.39. The number of hydrogen-bond acceptors (Lipinski definition) is 5. The van der Waals surface area contributed by atoms with Gasteiger partial charge in [-0.3, -0.25) is 0 Å². The molecule has 0 fully saturated rings. The average molecular weight is 339 g/mol. The monoisotopic (exact) mass is 339 g/mol. The SMILES string of the molecule is CC(NCc1cccc(OCCCC#N)c1)c1nnc2n1CCCC2. The van der Waals surface area contributed by atoms with Gasteiger partial charge in [0.05, 0.1) is 18.7 Å². The third-order valence-electron chi connectivity index (χ3n) is 4.49. The van der Waals surface area contributed by atoms with Gasteiger partial charge in [0.25, 0.3) is 0 Å². The second kappa shape index (κ2) is 8.63. The maximum Gasteiger partial charge on any atom is 0.149 e. The summed E-state index contributed by atoms with van der Waals surface area (Å²) in [5, 5.41) is 20.8. The van der Waals surface area contributed by atoms with Crippen LogP contribution >= 0.6 is 0 Å². The summed E-state index contributed by atoms with van der Waals surface area (Å²) in [7, 11) is 0. The number of aromatic nitrogens is 3. The van der Waals surface area contributed by atoms with Crippen molar-refractivity contribution < 1.29 is 4.74 Å². The molecule has 0 saturated heterocycles. The second-order valence-corrected chi connectivity index (χ2v) is 6.44. The Bertz CT molecular complexity index is 734. The number of fused-ring (bicyclic) bond motifs is 1. The summed E-state index contributed by atoms with van der Waals surface area (Å²) in [4.78, 5) is 0. The van der Waals surface area contributed by atoms with Crippen LogP contribution in [0.1, 0.15) is 55.9 Å². The largest absolute Gasteiger partial charge is 0.494 e. The molecule has 0 bridgehead atoms. The van der Waals surface area contributed by atoms with Crippen LogP contribution in [0.4, 0.5) is 0 Å². The number of nitriles is 1. The molecule has 1 aromatic heterocycles. The molecule has 0 spiro atoms. The minimum absolute atomic E-state index is 0.152. The molecular formula is C19H25N5O. The molecule has 2 aromatic rings. The predicted molar refractivity (Wildman–Crippen MR) is 95.0 cm³/mol. The number of nitrogens with one attached hydrogen (secondary N) is 1. The number of rotatable bonds is 8. The Morgan fingerprint density at radius 2 is 2.28 bits per heavy atom. The molecule has 1 aliphatic heterocycles. The van der Waals surface area contributed by atoms with E-state index in [4.69, 9.17) is 10.00 Å². The van der Waals surface area contributed by atoms with E-state index in [1.165, 1.54) is 18.4 Å². The molecule has 0 amide bonds. The zero-order valence-electron chi connectivity index (χ0n) is 14.7. The highest BCUT2D eigenvalue weighted by atomic mass is 16.5. The Balaban J connectivity index is 1.54. The Kier molecular flexibility index (Phi) is 6.02. The summed E-state index contributed by atoms with van der Waals surface area (Å²) in [6.45, 7) is 4.48. The van der Waals surface area contributed by atoms with Crippen LogP contribution in [0, 0.1) is 11.3 Å². The van der Waals surface area contributed by atoms with Crippen LogP contribution in [-0.4, -0.2) is 21.4 Å². The Morgan fingerprint density at radius 1 is 1.36 bits per heavy atom. The number of ether oxygens (including phenoxy) is 1. The number of unbranched alkanes of at least 4 members (excludes halogenated alkanes) is 1. The third kappa shape index (κ3) is 4.58. The molecule has 1 N–H and O–H groups in total. The van der Waals surface area contributed by atoms with Crippen molar-refractivity contribution in [2.45, 2.75) is 58.2 Å². The topological polar surface area (TPSA) is 75.8 Å². The van der Waals surface area contributed by atoms with Gasteiger partial charge in [-0.05, 0) is 43.9 Å². The van der Waals surface area contributed by atoms with Crippen molar-refractivity contribution >= 4 is 0 Å². The van der Waals surface area contributed by atoms with E-state index in [1.54, 1.807) is 0 Å². The minimum atomic E-state index is 0.152. The van der Waals surface area contributed by atoms with E-state index >= 15 is 0 Å². The number of aryl methyl sites for hydroxylation is 1. The number of benzene rings is 1. The summed E-state index contributed by atoms with van der Waals surface area (Å²) < 4.78 is 7.96. The smallest absolute Gasteiger partial charge is 0.149 e. The summed E-state index contributed by atoms with van der Waals surface area (Å²) in [5.41, 5.74) is 1.17. The van der Waals surface area contributed by atoms with Crippen LogP contribution in [0.2, 0.25) is 0 Å². The molecule has 3 rings (SSSR count). The maximum absolute atomic E-state index is 8.56. The van der Waals surface area contributed by atoms with Gasteiger partial charge in [-0.15, -0.1) is 10.2 Å². The highest BCUT2D eigenvalue weighted by Gasteiger charge is 2.19. The van der Waals surface area contributed by atoms with Crippen molar-refractivity contribution in [1.82, 2.24) is 20.1 Å². The molecule has 1 unspecified atom stereocenters. The quantitative estimate of drug-likeness (QED) is 0.748. The Morgan fingerprint density at radius 3 is 3.16 bits per heavy atom. The first-order valence-electron chi connectivity index (χ1n) is 9.02. The molecule has 1 aliphatic rings. The highest BCUT2D eigenvalue weighted by molar-refractivity contribution is 5.28. The van der Waals surface area contributed by atoms with Gasteiger partial charge in [0, 0.05) is 25.9 Å². The van der Waals surface area contributed by atoms with Crippen LogP contribution in [0.15, 0.2) is 24.3 Å². The maximum atomic E-state index is 8.56. The summed E-state index contributed by atoms with van der Waals surface area (Å²) in [5.74, 6) is 2.99. The molecule has 25 heavy (non-hydrogen) atoms. The van der Waals surface area contributed by atoms with Gasteiger partial charge in [-0.25, -0.2) is 0 Å². The summed E-state index contributed by atoms with van der Waals surface area (Å²) in [6.07, 6.45) is 4.73. The lowest BCUT2D eigenvalue weighted by Gasteiger charge is -2.19. The van der Waals surface area contributed by atoms with Gasteiger partial charge in [-0.2, -0.15) is 5.26 Å². The fourth-order valence-corrected chi connectivity index (χ4v) is 3.10. The highest BCUT2D eigenvalue weighted by Crippen LogP contribution is 2.20. The molecule has 0 radical (unpaired) electrons. The van der Waals surface area contributed by atoms with Gasteiger partial charge in [0.2, 0.25) is 0 Å². The fourth-order valence-electron chi connectivity index (χ4n) is 3.10. The standard InChI is InChI=1S/C19H25N5O/c1-15(19-23-22-18-9-2-4-11-24(18)19)21-14-16-7-6-8-17(13-16)25-12-5-3-10-20/h6-8,13,15,21H,2-5,9,11-12,14H2,1H3. The van der Waals surface area contributed by atoms with Crippen molar-refractivity contribution in [3.05, 3.63) is 41.5 Å². The normalized spacial score (nSPS) is 14.6. The first-order chi connectivity index (χ1) is 12.3. The lowest BCUT2D eigenvalue weighted by molar-refractivity contribution is 0.312.